The van der Waals surface area contributed by atoms with E-state index in [0.29, 0.717) is 6.61 Å². The maximum absolute atomic E-state index is 8.94. The van der Waals surface area contributed by atoms with Gasteiger partial charge in [0, 0.05) is 6.61 Å². The maximum atomic E-state index is 8.94. The fraction of sp³-hybridized carbons (Fsp3) is 0.250. The van der Waals surface area contributed by atoms with Crippen LogP contribution in [0.1, 0.15) is 12.8 Å². The molecule has 0 aliphatic carbocycles. The first-order valence-electron chi connectivity index (χ1n) is 6.62. The summed E-state index contributed by atoms with van der Waals surface area (Å²) in [6.07, 6.45) is 2.04. The average molecular weight is 256 g/mol. The quantitative estimate of drug-likeness (QED) is 0.617. The summed E-state index contributed by atoms with van der Waals surface area (Å²) < 4.78 is 0. The third-order valence-electron chi connectivity index (χ3n) is 3.30. The lowest BCUT2D eigenvalue weighted by Gasteiger charge is -2.16. The summed E-state index contributed by atoms with van der Waals surface area (Å²) in [4.78, 5) is 0. The molecule has 2 rings (SSSR count). The van der Waals surface area contributed by atoms with Crippen molar-refractivity contribution in [2.75, 3.05) is 6.61 Å². The number of aliphatic hydroxyl groups is 1. The first-order chi connectivity index (χ1) is 8.92. The van der Waals surface area contributed by atoms with Crippen LogP contribution in [0.3, 0.4) is 0 Å². The number of hydrogen-bond acceptors (Lipinski definition) is 1. The molecule has 0 aliphatic rings. The van der Waals surface area contributed by atoms with E-state index in [-0.39, 0.29) is 0 Å². The summed E-state index contributed by atoms with van der Waals surface area (Å²) in [5, 5.41) is 11.9. The summed E-state index contributed by atoms with van der Waals surface area (Å²) in [5.74, 6) is 0. The molecular weight excluding hydrogens is 236 g/mol. The van der Waals surface area contributed by atoms with Crippen molar-refractivity contribution in [1.82, 2.24) is 0 Å². The van der Waals surface area contributed by atoms with Crippen LogP contribution in [-0.2, 0) is 0 Å². The van der Waals surface area contributed by atoms with Gasteiger partial charge in [-0.25, -0.2) is 0 Å². The van der Waals surface area contributed by atoms with Crippen LogP contribution in [-0.4, -0.2) is 20.5 Å². The van der Waals surface area contributed by atoms with Gasteiger partial charge in [-0.3, -0.25) is 0 Å². The van der Waals surface area contributed by atoms with Crippen molar-refractivity contribution in [3.05, 3.63) is 60.7 Å². The van der Waals surface area contributed by atoms with Gasteiger partial charge in [-0.05, 0) is 6.42 Å². The normalized spacial score (nSPS) is 10.8. The zero-order valence-corrected chi connectivity index (χ0v) is 11.8. The molecule has 0 unspecified atom stereocenters. The minimum Gasteiger partial charge on any atom is -0.396 e. The topological polar surface area (TPSA) is 20.2 Å². The highest BCUT2D eigenvalue weighted by molar-refractivity contribution is 6.85. The van der Waals surface area contributed by atoms with Gasteiger partial charge in [-0.1, -0.05) is 83.5 Å². The van der Waals surface area contributed by atoms with Crippen LogP contribution in [0.25, 0.3) is 0 Å². The second-order valence-electron chi connectivity index (χ2n) is 4.59. The minimum atomic E-state index is -1.09. The molecule has 0 fully saturated rings. The second-order valence-corrected chi connectivity index (χ2v) is 7.61. The first-order valence-corrected chi connectivity index (χ1v) is 8.59. The van der Waals surface area contributed by atoms with E-state index in [1.165, 1.54) is 16.4 Å². The van der Waals surface area contributed by atoms with Crippen LogP contribution in [0.2, 0.25) is 6.04 Å². The Bertz CT molecular complexity index is 402. The van der Waals surface area contributed by atoms with Crippen molar-refractivity contribution in [2.45, 2.75) is 18.9 Å². The highest BCUT2D eigenvalue weighted by atomic mass is 28.3. The standard InChI is InChI=1S/C16H20OSi/c17-13-7-8-14-18(15-9-3-1-4-10-15)16-11-5-2-6-12-16/h1-6,9-12,17-18H,7-8,13-14H2. The van der Waals surface area contributed by atoms with Crippen molar-refractivity contribution in [2.24, 2.45) is 0 Å². The van der Waals surface area contributed by atoms with Gasteiger partial charge in [0.25, 0.3) is 0 Å². The fourth-order valence-corrected chi connectivity index (χ4v) is 5.48. The average Bonchev–Trinajstić information content (AvgIpc) is 2.46. The van der Waals surface area contributed by atoms with Crippen LogP contribution in [0.4, 0.5) is 0 Å². The summed E-state index contributed by atoms with van der Waals surface area (Å²) in [7, 11) is -1.09. The molecule has 0 saturated heterocycles. The van der Waals surface area contributed by atoms with E-state index in [0.717, 1.165) is 12.8 Å². The maximum Gasteiger partial charge on any atom is 0.103 e. The predicted molar refractivity (Wildman–Crippen MR) is 80.4 cm³/mol. The van der Waals surface area contributed by atoms with Crippen molar-refractivity contribution < 1.29 is 5.11 Å². The second kappa shape index (κ2) is 7.14. The Morgan fingerprint density at radius 1 is 0.722 bits per heavy atom. The van der Waals surface area contributed by atoms with E-state index >= 15 is 0 Å². The van der Waals surface area contributed by atoms with Gasteiger partial charge >= 0.3 is 0 Å². The monoisotopic (exact) mass is 256 g/mol. The molecule has 2 aromatic carbocycles. The van der Waals surface area contributed by atoms with E-state index < -0.39 is 8.80 Å². The van der Waals surface area contributed by atoms with Gasteiger partial charge in [0.15, 0.2) is 0 Å². The zero-order valence-electron chi connectivity index (χ0n) is 10.6. The van der Waals surface area contributed by atoms with E-state index in [9.17, 15) is 0 Å². The molecule has 0 atom stereocenters. The van der Waals surface area contributed by atoms with E-state index in [4.69, 9.17) is 5.11 Å². The Morgan fingerprint density at radius 3 is 1.67 bits per heavy atom. The first kappa shape index (κ1) is 13.1. The molecule has 0 bridgehead atoms. The number of hydrogen-bond donors (Lipinski definition) is 1. The van der Waals surface area contributed by atoms with Crippen LogP contribution < -0.4 is 10.4 Å². The molecule has 1 nitrogen and oxygen atoms in total. The predicted octanol–water partition coefficient (Wildman–Crippen LogP) is 1.80. The molecule has 0 saturated carbocycles. The van der Waals surface area contributed by atoms with Gasteiger partial charge in [-0.2, -0.15) is 0 Å². The molecule has 0 spiro atoms. The minimum absolute atomic E-state index is 0.310. The molecule has 0 amide bonds. The van der Waals surface area contributed by atoms with Gasteiger partial charge in [0.1, 0.15) is 8.80 Å². The Labute approximate surface area is 111 Å². The molecule has 18 heavy (non-hydrogen) atoms. The van der Waals surface area contributed by atoms with Crippen molar-refractivity contribution in [3.63, 3.8) is 0 Å². The Kier molecular flexibility index (Phi) is 5.18. The van der Waals surface area contributed by atoms with Crippen molar-refractivity contribution >= 4 is 19.2 Å². The third-order valence-corrected chi connectivity index (χ3v) is 6.67. The molecule has 1 N–H and O–H groups in total. The number of unbranched alkanes of at least 4 members (excludes halogenated alkanes) is 1. The van der Waals surface area contributed by atoms with Crippen LogP contribution in [0.5, 0.6) is 0 Å². The number of benzene rings is 2. The smallest absolute Gasteiger partial charge is 0.103 e. The molecule has 2 heteroatoms. The van der Waals surface area contributed by atoms with Gasteiger partial charge in [-0.15, -0.1) is 0 Å². The highest BCUT2D eigenvalue weighted by Gasteiger charge is 2.14. The zero-order chi connectivity index (χ0) is 12.6. The molecule has 2 aromatic rings. The summed E-state index contributed by atoms with van der Waals surface area (Å²) in [6.45, 7) is 0.310. The highest BCUT2D eigenvalue weighted by Crippen LogP contribution is 2.03. The third kappa shape index (κ3) is 3.55. The van der Waals surface area contributed by atoms with Crippen molar-refractivity contribution in [1.29, 1.82) is 0 Å². The lowest BCUT2D eigenvalue weighted by Crippen LogP contribution is -2.41. The summed E-state index contributed by atoms with van der Waals surface area (Å²) in [5.41, 5.74) is 0. The lowest BCUT2D eigenvalue weighted by molar-refractivity contribution is 0.287. The Balaban J connectivity index is 2.18. The molecule has 0 aliphatic heterocycles. The molecular formula is C16H20OSi. The fourth-order valence-electron chi connectivity index (χ4n) is 2.36. The van der Waals surface area contributed by atoms with E-state index in [2.05, 4.69) is 60.7 Å². The van der Waals surface area contributed by atoms with Crippen LogP contribution in [0, 0.1) is 0 Å². The largest absolute Gasteiger partial charge is 0.396 e. The number of aliphatic hydroxyl groups excluding tert-OH is 1. The lowest BCUT2D eigenvalue weighted by atomic mass is 10.3. The van der Waals surface area contributed by atoms with Crippen LogP contribution in [0.15, 0.2) is 60.7 Å². The SMILES string of the molecule is OCCCC[SiH](c1ccccc1)c1ccccc1. The molecule has 0 radical (unpaired) electrons. The summed E-state index contributed by atoms with van der Waals surface area (Å²) >= 11 is 0. The number of rotatable bonds is 6. The molecule has 0 heterocycles. The van der Waals surface area contributed by atoms with Crippen LogP contribution >= 0.6 is 0 Å². The summed E-state index contributed by atoms with van der Waals surface area (Å²) in [6, 6.07) is 22.9. The van der Waals surface area contributed by atoms with E-state index in [1.54, 1.807) is 0 Å². The molecule has 94 valence electrons. The van der Waals surface area contributed by atoms with E-state index in [1.807, 2.05) is 0 Å². The Hall–Kier alpha value is -1.38. The van der Waals surface area contributed by atoms with Gasteiger partial charge in [0.05, 0.1) is 0 Å². The molecule has 0 aromatic heterocycles. The van der Waals surface area contributed by atoms with Gasteiger partial charge < -0.3 is 5.11 Å². The Morgan fingerprint density at radius 2 is 1.22 bits per heavy atom. The van der Waals surface area contributed by atoms with Crippen molar-refractivity contribution in [3.8, 4) is 0 Å². The van der Waals surface area contributed by atoms with Gasteiger partial charge in [0.2, 0.25) is 0 Å².